The van der Waals surface area contributed by atoms with Crippen molar-refractivity contribution in [2.45, 2.75) is 19.6 Å². The molecule has 1 aliphatic heterocycles. The number of rotatable bonds is 2. The lowest BCUT2D eigenvalue weighted by molar-refractivity contribution is 0.204. The quantitative estimate of drug-likeness (QED) is 0.919. The summed E-state index contributed by atoms with van der Waals surface area (Å²) in [4.78, 5) is 13.3. The van der Waals surface area contributed by atoms with Crippen LogP contribution in [0.15, 0.2) is 35.3 Å². The first-order chi connectivity index (χ1) is 10.0. The van der Waals surface area contributed by atoms with Crippen molar-refractivity contribution in [3.05, 3.63) is 63.6 Å². The average molecular weight is 292 g/mol. The van der Waals surface area contributed by atoms with E-state index in [1.54, 1.807) is 4.57 Å². The Bertz CT molecular complexity index is 723. The normalized spacial score (nSPS) is 15.0. The zero-order valence-electron chi connectivity index (χ0n) is 11.2. The molecule has 0 atom stereocenters. The fourth-order valence-corrected chi connectivity index (χ4v) is 2.55. The number of nitrogens with zero attached hydrogens (tertiary/aromatic N) is 2. The number of fused-ring (bicyclic) bond motifs is 1. The van der Waals surface area contributed by atoms with Crippen molar-refractivity contribution in [3.63, 3.8) is 0 Å². The predicted molar refractivity (Wildman–Crippen MR) is 72.8 cm³/mol. The van der Waals surface area contributed by atoms with Crippen molar-refractivity contribution in [2.75, 3.05) is 6.54 Å². The molecule has 0 aliphatic carbocycles. The fraction of sp³-hybridized carbons (Fsp3) is 0.267. The number of hydrogen-bond acceptors (Lipinski definition) is 3. The monoisotopic (exact) mass is 292 g/mol. The van der Waals surface area contributed by atoms with Gasteiger partial charge in [-0.05, 0) is 12.1 Å². The van der Waals surface area contributed by atoms with Gasteiger partial charge in [0.1, 0.15) is 11.6 Å². The van der Waals surface area contributed by atoms with Crippen LogP contribution in [-0.4, -0.2) is 21.1 Å². The van der Waals surface area contributed by atoms with Gasteiger partial charge in [0.15, 0.2) is 5.75 Å². The molecule has 0 unspecified atom stereocenters. The van der Waals surface area contributed by atoms with E-state index in [4.69, 9.17) is 0 Å². The van der Waals surface area contributed by atoms with Gasteiger partial charge in [0.05, 0.1) is 6.20 Å². The third kappa shape index (κ3) is 2.67. The van der Waals surface area contributed by atoms with Crippen LogP contribution in [0, 0.1) is 11.6 Å². The van der Waals surface area contributed by atoms with Gasteiger partial charge in [-0.2, -0.15) is 0 Å². The van der Waals surface area contributed by atoms with Gasteiger partial charge >= 0.3 is 0 Å². The maximum atomic E-state index is 13.7. The van der Waals surface area contributed by atoms with Gasteiger partial charge in [0, 0.05) is 43.5 Å². The lowest BCUT2D eigenvalue weighted by Crippen LogP contribution is -2.35. The number of halogens is 2. The van der Waals surface area contributed by atoms with Crippen LogP contribution in [-0.2, 0) is 19.6 Å². The lowest BCUT2D eigenvalue weighted by Gasteiger charge is -2.30. The molecule has 0 bridgehead atoms. The van der Waals surface area contributed by atoms with Crippen LogP contribution in [0.4, 0.5) is 8.78 Å². The topological polar surface area (TPSA) is 45.5 Å². The number of hydrogen-bond donors (Lipinski definition) is 1. The molecule has 1 aromatic heterocycles. The zero-order valence-corrected chi connectivity index (χ0v) is 11.2. The summed E-state index contributed by atoms with van der Waals surface area (Å²) in [5.74, 6) is -1.42. The van der Waals surface area contributed by atoms with Gasteiger partial charge in [-0.25, -0.2) is 8.78 Å². The summed E-state index contributed by atoms with van der Waals surface area (Å²) in [5.41, 5.74) is 0.313. The summed E-state index contributed by atoms with van der Waals surface area (Å²) in [5, 5.41) is 9.40. The lowest BCUT2D eigenvalue weighted by atomic mass is 10.1. The van der Waals surface area contributed by atoms with Crippen molar-refractivity contribution in [1.29, 1.82) is 0 Å². The van der Waals surface area contributed by atoms with Crippen LogP contribution in [0.3, 0.4) is 0 Å². The minimum atomic E-state index is -0.566. The molecule has 0 spiro atoms. The first-order valence-electron chi connectivity index (χ1n) is 6.62. The Labute approximate surface area is 119 Å². The summed E-state index contributed by atoms with van der Waals surface area (Å²) in [7, 11) is 0. The second-order valence-corrected chi connectivity index (χ2v) is 5.12. The smallest absolute Gasteiger partial charge is 0.223 e. The minimum Gasteiger partial charge on any atom is -0.503 e. The average Bonchev–Trinajstić information content (AvgIpc) is 2.44. The van der Waals surface area contributed by atoms with Gasteiger partial charge in [-0.15, -0.1) is 0 Å². The Morgan fingerprint density at radius 2 is 1.90 bits per heavy atom. The Hall–Kier alpha value is -2.21. The van der Waals surface area contributed by atoms with Crippen LogP contribution < -0.4 is 5.43 Å². The second-order valence-electron chi connectivity index (χ2n) is 5.12. The molecule has 6 heteroatoms. The summed E-state index contributed by atoms with van der Waals surface area (Å²) in [6.45, 7) is 1.69. The Balaban J connectivity index is 1.84. The Kier molecular flexibility index (Phi) is 3.47. The van der Waals surface area contributed by atoms with Crippen molar-refractivity contribution in [3.8, 4) is 5.75 Å². The summed E-state index contributed by atoms with van der Waals surface area (Å²) >= 11 is 0. The third-order valence-electron chi connectivity index (χ3n) is 3.68. The van der Waals surface area contributed by atoms with Gasteiger partial charge < -0.3 is 9.67 Å². The second kappa shape index (κ2) is 5.29. The molecule has 0 fully saturated rings. The van der Waals surface area contributed by atoms with E-state index < -0.39 is 17.1 Å². The van der Waals surface area contributed by atoms with Crippen LogP contribution in [0.1, 0.15) is 11.3 Å². The molecule has 2 heterocycles. The van der Waals surface area contributed by atoms with E-state index in [1.807, 2.05) is 4.90 Å². The molecule has 0 amide bonds. The highest BCUT2D eigenvalue weighted by Gasteiger charge is 2.19. The molecular formula is C15H14F2N2O2. The molecule has 1 aliphatic rings. The maximum Gasteiger partial charge on any atom is 0.223 e. The van der Waals surface area contributed by atoms with Gasteiger partial charge in [-0.3, -0.25) is 9.69 Å². The van der Waals surface area contributed by atoms with E-state index in [0.717, 1.165) is 5.69 Å². The van der Waals surface area contributed by atoms with Crippen molar-refractivity contribution < 1.29 is 13.9 Å². The molecule has 0 radical (unpaired) electrons. The van der Waals surface area contributed by atoms with Crippen LogP contribution in [0.2, 0.25) is 0 Å². The summed E-state index contributed by atoms with van der Waals surface area (Å²) < 4.78 is 29.1. The summed E-state index contributed by atoms with van der Waals surface area (Å²) in [6.07, 6.45) is 1.40. The number of pyridine rings is 1. The summed E-state index contributed by atoms with van der Waals surface area (Å²) in [6, 6.07) is 5.17. The highest BCUT2D eigenvalue weighted by Crippen LogP contribution is 2.19. The van der Waals surface area contributed by atoms with E-state index in [1.165, 1.54) is 30.5 Å². The van der Waals surface area contributed by atoms with Crippen molar-refractivity contribution in [2.24, 2.45) is 0 Å². The molecule has 110 valence electrons. The molecule has 3 rings (SSSR count). The van der Waals surface area contributed by atoms with Gasteiger partial charge in [-0.1, -0.05) is 6.07 Å². The molecular weight excluding hydrogens is 278 g/mol. The SMILES string of the molecule is O=c1cc2n(cc1O)CCN(Cc1c(F)cccc1F)C2. The molecule has 2 aromatic rings. The van der Waals surface area contributed by atoms with Gasteiger partial charge in [0.2, 0.25) is 5.43 Å². The Morgan fingerprint density at radius 3 is 2.62 bits per heavy atom. The molecule has 1 N–H and O–H groups in total. The highest BCUT2D eigenvalue weighted by atomic mass is 19.1. The van der Waals surface area contributed by atoms with E-state index >= 15 is 0 Å². The number of benzene rings is 1. The molecule has 21 heavy (non-hydrogen) atoms. The number of aromatic nitrogens is 1. The number of aromatic hydroxyl groups is 1. The van der Waals surface area contributed by atoms with E-state index in [-0.39, 0.29) is 17.9 Å². The third-order valence-corrected chi connectivity index (χ3v) is 3.68. The minimum absolute atomic E-state index is 0.0343. The Morgan fingerprint density at radius 1 is 1.19 bits per heavy atom. The van der Waals surface area contributed by atoms with E-state index in [9.17, 15) is 18.7 Å². The zero-order chi connectivity index (χ0) is 15.0. The molecule has 0 saturated heterocycles. The first kappa shape index (κ1) is 13.8. The molecule has 0 saturated carbocycles. The predicted octanol–water partition coefficient (Wildman–Crippen LogP) is 1.85. The first-order valence-corrected chi connectivity index (χ1v) is 6.62. The maximum absolute atomic E-state index is 13.7. The van der Waals surface area contributed by atoms with Crippen LogP contribution >= 0.6 is 0 Å². The van der Waals surface area contributed by atoms with Crippen molar-refractivity contribution in [1.82, 2.24) is 9.47 Å². The molecule has 1 aromatic carbocycles. The molecule has 4 nitrogen and oxygen atoms in total. The standard InChI is InChI=1S/C15H14F2N2O2/c16-12-2-1-3-13(17)11(12)8-18-4-5-19-9-15(21)14(20)6-10(19)7-18/h1-3,6,9,21H,4-5,7-8H2. The van der Waals surface area contributed by atoms with Crippen LogP contribution in [0.25, 0.3) is 0 Å². The fourth-order valence-electron chi connectivity index (χ4n) is 2.55. The van der Waals surface area contributed by atoms with Crippen molar-refractivity contribution >= 4 is 0 Å². The van der Waals surface area contributed by atoms with Crippen LogP contribution in [0.5, 0.6) is 5.75 Å². The van der Waals surface area contributed by atoms with E-state index in [0.29, 0.717) is 19.6 Å². The highest BCUT2D eigenvalue weighted by molar-refractivity contribution is 5.22. The van der Waals surface area contributed by atoms with E-state index in [2.05, 4.69) is 0 Å². The largest absolute Gasteiger partial charge is 0.503 e. The van der Waals surface area contributed by atoms with Gasteiger partial charge in [0.25, 0.3) is 0 Å².